The Bertz CT molecular complexity index is 986. The number of imidazole rings is 1. The molecule has 1 aromatic carbocycles. The van der Waals surface area contributed by atoms with Crippen LogP contribution in [0.1, 0.15) is 25.1 Å². The average Bonchev–Trinajstić information content (AvgIpc) is 3.34. The van der Waals surface area contributed by atoms with Gasteiger partial charge in [-0.2, -0.15) is 12.6 Å². The average molecular weight is 505 g/mol. The van der Waals surface area contributed by atoms with Gasteiger partial charge < -0.3 is 31.8 Å². The van der Waals surface area contributed by atoms with Gasteiger partial charge in [-0.3, -0.25) is 14.4 Å². The fourth-order valence-electron chi connectivity index (χ4n) is 3.29. The van der Waals surface area contributed by atoms with Crippen LogP contribution >= 0.6 is 12.6 Å². The monoisotopic (exact) mass is 504 g/mol. The second kappa shape index (κ2) is 13.5. The molecule has 3 amide bonds. The van der Waals surface area contributed by atoms with Gasteiger partial charge in [-0.1, -0.05) is 44.2 Å². The van der Waals surface area contributed by atoms with Gasteiger partial charge in [0.15, 0.2) is 0 Å². The summed E-state index contributed by atoms with van der Waals surface area (Å²) in [5.41, 5.74) is 6.99. The van der Waals surface area contributed by atoms with Gasteiger partial charge in [-0.05, 0) is 11.5 Å². The third-order valence-electron chi connectivity index (χ3n) is 5.29. The molecule has 11 nitrogen and oxygen atoms in total. The number of nitrogens with two attached hydrogens (primary N) is 1. The van der Waals surface area contributed by atoms with Gasteiger partial charge in [0.05, 0.1) is 12.4 Å². The van der Waals surface area contributed by atoms with E-state index in [-0.39, 0.29) is 24.5 Å². The molecule has 35 heavy (non-hydrogen) atoms. The maximum Gasteiger partial charge on any atom is 0.326 e. The van der Waals surface area contributed by atoms with Crippen LogP contribution in [0.4, 0.5) is 0 Å². The lowest BCUT2D eigenvalue weighted by Crippen LogP contribution is -2.59. The Morgan fingerprint density at radius 3 is 2.20 bits per heavy atom. The van der Waals surface area contributed by atoms with E-state index >= 15 is 0 Å². The van der Waals surface area contributed by atoms with Crippen LogP contribution in [0.25, 0.3) is 0 Å². The third kappa shape index (κ3) is 8.72. The molecule has 1 heterocycles. The standard InChI is InChI=1S/C23H32N6O5S/c1-13(2)19(29-20(30)16(24)11-35)22(32)27-17(9-15-10-25-12-26-15)21(31)28-18(23(33)34)8-14-6-4-3-5-7-14/h3-7,10,12-13,16-19,35H,8-9,11,24H2,1-2H3,(H,25,26)(H,27,32)(H,28,31)(H,29,30)(H,33,34). The summed E-state index contributed by atoms with van der Waals surface area (Å²) in [7, 11) is 0. The summed E-state index contributed by atoms with van der Waals surface area (Å²) in [6.45, 7) is 3.47. The van der Waals surface area contributed by atoms with Gasteiger partial charge in [-0.25, -0.2) is 9.78 Å². The highest BCUT2D eigenvalue weighted by Gasteiger charge is 2.32. The normalized spacial score (nSPS) is 14.4. The Kier molecular flexibility index (Phi) is 10.7. The van der Waals surface area contributed by atoms with Crippen LogP contribution < -0.4 is 21.7 Å². The predicted octanol–water partition coefficient (Wildman–Crippen LogP) is -0.353. The third-order valence-corrected chi connectivity index (χ3v) is 5.68. The van der Waals surface area contributed by atoms with E-state index in [1.165, 1.54) is 12.5 Å². The minimum atomic E-state index is -1.21. The number of rotatable bonds is 13. The molecule has 12 heteroatoms. The number of aromatic nitrogens is 2. The molecule has 0 aliphatic carbocycles. The molecule has 2 aromatic rings. The molecule has 0 radical (unpaired) electrons. The molecule has 1 aromatic heterocycles. The molecule has 4 unspecified atom stereocenters. The second-order valence-electron chi connectivity index (χ2n) is 8.45. The Morgan fingerprint density at radius 2 is 1.66 bits per heavy atom. The number of hydrogen-bond acceptors (Lipinski definition) is 7. The van der Waals surface area contributed by atoms with E-state index in [0.29, 0.717) is 5.69 Å². The van der Waals surface area contributed by atoms with Crippen molar-refractivity contribution in [3.63, 3.8) is 0 Å². The van der Waals surface area contributed by atoms with Crippen LogP contribution in [0.2, 0.25) is 0 Å². The highest BCUT2D eigenvalue weighted by molar-refractivity contribution is 7.80. The topological polar surface area (TPSA) is 179 Å². The van der Waals surface area contributed by atoms with Crippen LogP contribution in [-0.2, 0) is 32.0 Å². The van der Waals surface area contributed by atoms with E-state index in [9.17, 15) is 24.3 Å². The number of H-pyrrole nitrogens is 1. The number of benzene rings is 1. The molecule has 190 valence electrons. The SMILES string of the molecule is CC(C)C(NC(=O)C(N)CS)C(=O)NC(Cc1cnc[nH]1)C(=O)NC(Cc1ccccc1)C(=O)O. The second-order valence-corrected chi connectivity index (χ2v) is 8.82. The van der Waals surface area contributed by atoms with Gasteiger partial charge in [0.25, 0.3) is 0 Å². The van der Waals surface area contributed by atoms with Crippen molar-refractivity contribution in [1.29, 1.82) is 0 Å². The maximum atomic E-state index is 13.1. The predicted molar refractivity (Wildman–Crippen MR) is 133 cm³/mol. The lowest BCUT2D eigenvalue weighted by molar-refractivity contribution is -0.142. The molecule has 0 saturated heterocycles. The van der Waals surface area contributed by atoms with Gasteiger partial charge in [0, 0.05) is 30.5 Å². The molecule has 0 fully saturated rings. The summed E-state index contributed by atoms with van der Waals surface area (Å²) in [5, 5.41) is 17.4. The summed E-state index contributed by atoms with van der Waals surface area (Å²) < 4.78 is 0. The Balaban J connectivity index is 2.19. The first kappa shape index (κ1) is 27.9. The van der Waals surface area contributed by atoms with Crippen molar-refractivity contribution in [2.24, 2.45) is 11.7 Å². The van der Waals surface area contributed by atoms with E-state index < -0.39 is 47.9 Å². The molecular weight excluding hydrogens is 472 g/mol. The summed E-state index contributed by atoms with van der Waals surface area (Å²) >= 11 is 4.00. The number of carbonyl (C=O) groups excluding carboxylic acids is 3. The fourth-order valence-corrected chi connectivity index (χ4v) is 3.45. The molecule has 0 saturated carbocycles. The van der Waals surface area contributed by atoms with Crippen LogP contribution in [0.15, 0.2) is 42.9 Å². The summed E-state index contributed by atoms with van der Waals surface area (Å²) in [6, 6.07) is 4.68. The van der Waals surface area contributed by atoms with E-state index in [2.05, 4.69) is 38.5 Å². The molecule has 4 atom stereocenters. The number of nitrogens with zero attached hydrogens (tertiary/aromatic N) is 1. The lowest BCUT2D eigenvalue weighted by atomic mass is 10.0. The number of nitrogens with one attached hydrogen (secondary N) is 4. The van der Waals surface area contributed by atoms with E-state index in [4.69, 9.17) is 5.73 Å². The quantitative estimate of drug-likeness (QED) is 0.182. The number of thiol groups is 1. The number of carboxylic acids is 1. The van der Waals surface area contributed by atoms with E-state index in [0.717, 1.165) is 5.56 Å². The van der Waals surface area contributed by atoms with Gasteiger partial charge in [0.2, 0.25) is 17.7 Å². The number of aromatic amines is 1. The van der Waals surface area contributed by atoms with Crippen molar-refractivity contribution in [2.75, 3.05) is 5.75 Å². The first-order chi connectivity index (χ1) is 16.6. The summed E-state index contributed by atoms with van der Waals surface area (Å²) in [5.74, 6) is -3.25. The molecule has 0 aliphatic heterocycles. The molecule has 0 aliphatic rings. The van der Waals surface area contributed by atoms with Crippen molar-refractivity contribution in [3.8, 4) is 0 Å². The first-order valence-electron chi connectivity index (χ1n) is 11.1. The lowest BCUT2D eigenvalue weighted by Gasteiger charge is -2.26. The molecule has 0 spiro atoms. The van der Waals surface area contributed by atoms with Crippen LogP contribution in [0.5, 0.6) is 0 Å². The van der Waals surface area contributed by atoms with Crippen LogP contribution in [-0.4, -0.2) is 68.7 Å². The van der Waals surface area contributed by atoms with E-state index in [1.54, 1.807) is 44.2 Å². The number of carboxylic acid groups (broad SMARTS) is 1. The molecular formula is C23H32N6O5S. The van der Waals surface area contributed by atoms with Crippen molar-refractivity contribution in [3.05, 3.63) is 54.1 Å². The minimum absolute atomic E-state index is 0.0319. The Labute approximate surface area is 209 Å². The molecule has 0 bridgehead atoms. The molecule has 7 N–H and O–H groups in total. The fraction of sp³-hybridized carbons (Fsp3) is 0.435. The minimum Gasteiger partial charge on any atom is -0.480 e. The van der Waals surface area contributed by atoms with Crippen molar-refractivity contribution < 1.29 is 24.3 Å². The highest BCUT2D eigenvalue weighted by Crippen LogP contribution is 2.08. The Hall–Kier alpha value is -3.38. The number of carbonyl (C=O) groups is 4. The van der Waals surface area contributed by atoms with E-state index in [1.807, 2.05) is 0 Å². The maximum absolute atomic E-state index is 13.1. The summed E-state index contributed by atoms with van der Waals surface area (Å²) in [6.07, 6.45) is 3.03. The largest absolute Gasteiger partial charge is 0.480 e. The van der Waals surface area contributed by atoms with Crippen LogP contribution in [0.3, 0.4) is 0 Å². The zero-order valence-corrected chi connectivity index (χ0v) is 20.5. The van der Waals surface area contributed by atoms with Crippen molar-refractivity contribution >= 4 is 36.3 Å². The smallest absolute Gasteiger partial charge is 0.326 e. The van der Waals surface area contributed by atoms with Gasteiger partial charge in [0.1, 0.15) is 18.1 Å². The van der Waals surface area contributed by atoms with Crippen molar-refractivity contribution in [2.45, 2.75) is 50.9 Å². The van der Waals surface area contributed by atoms with Gasteiger partial charge in [-0.15, -0.1) is 0 Å². The zero-order chi connectivity index (χ0) is 26.0. The zero-order valence-electron chi connectivity index (χ0n) is 19.6. The van der Waals surface area contributed by atoms with Crippen LogP contribution in [0, 0.1) is 5.92 Å². The Morgan fingerprint density at radius 1 is 1.00 bits per heavy atom. The molecule has 2 rings (SSSR count). The number of amides is 3. The number of aliphatic carboxylic acids is 1. The first-order valence-corrected chi connectivity index (χ1v) is 11.8. The van der Waals surface area contributed by atoms with Gasteiger partial charge >= 0.3 is 5.97 Å². The highest BCUT2D eigenvalue weighted by atomic mass is 32.1. The van der Waals surface area contributed by atoms with Crippen molar-refractivity contribution in [1.82, 2.24) is 25.9 Å². The number of hydrogen-bond donors (Lipinski definition) is 7. The summed E-state index contributed by atoms with van der Waals surface area (Å²) in [4.78, 5) is 57.1.